The van der Waals surface area contributed by atoms with E-state index in [4.69, 9.17) is 0 Å². The van der Waals surface area contributed by atoms with Gasteiger partial charge in [0.15, 0.2) is 0 Å². The molecular formula is C14H17NO3. The Morgan fingerprint density at radius 3 is 2.72 bits per heavy atom. The Kier molecular flexibility index (Phi) is 3.48. The Hall–Kier alpha value is -1.68. The molecule has 1 saturated heterocycles. The lowest BCUT2D eigenvalue weighted by molar-refractivity contribution is -0.140. The molecule has 0 saturated carbocycles. The number of carbonyl (C=O) groups is 2. The van der Waals surface area contributed by atoms with Crippen molar-refractivity contribution in [3.63, 3.8) is 0 Å². The second-order valence-electron chi connectivity index (χ2n) is 4.88. The lowest BCUT2D eigenvalue weighted by Gasteiger charge is -2.19. The molecular weight excluding hydrogens is 230 g/mol. The largest absolute Gasteiger partial charge is 0.387 e. The van der Waals surface area contributed by atoms with Crippen molar-refractivity contribution in [2.75, 3.05) is 6.54 Å². The van der Waals surface area contributed by atoms with Crippen molar-refractivity contribution in [3.8, 4) is 0 Å². The molecule has 4 nitrogen and oxygen atoms in total. The van der Waals surface area contributed by atoms with E-state index in [1.165, 1.54) is 0 Å². The normalized spacial score (nSPS) is 21.5. The molecule has 18 heavy (non-hydrogen) atoms. The van der Waals surface area contributed by atoms with Gasteiger partial charge < -0.3 is 5.11 Å². The standard InChI is InChI=1S/C14H17NO3/c1-9-4-3-5-11(6-9)12(16)8-15-13(17)7-10(2)14(15)18/h3-6,10,12,16H,7-8H2,1-2H3. The van der Waals surface area contributed by atoms with Crippen LogP contribution in [0.4, 0.5) is 0 Å². The number of hydrogen-bond acceptors (Lipinski definition) is 3. The zero-order valence-electron chi connectivity index (χ0n) is 10.6. The molecule has 2 amide bonds. The van der Waals surface area contributed by atoms with Crippen molar-refractivity contribution < 1.29 is 14.7 Å². The molecule has 0 radical (unpaired) electrons. The fourth-order valence-electron chi connectivity index (χ4n) is 2.20. The Morgan fingerprint density at radius 1 is 1.44 bits per heavy atom. The summed E-state index contributed by atoms with van der Waals surface area (Å²) >= 11 is 0. The van der Waals surface area contributed by atoms with E-state index in [2.05, 4.69) is 0 Å². The van der Waals surface area contributed by atoms with Crippen LogP contribution in [0.1, 0.15) is 30.6 Å². The third-order valence-electron chi connectivity index (χ3n) is 3.25. The molecule has 1 aliphatic heterocycles. The lowest BCUT2D eigenvalue weighted by Crippen LogP contribution is -2.34. The molecule has 0 spiro atoms. The number of nitrogens with zero attached hydrogens (tertiary/aromatic N) is 1. The van der Waals surface area contributed by atoms with Gasteiger partial charge in [0.25, 0.3) is 0 Å². The monoisotopic (exact) mass is 247 g/mol. The van der Waals surface area contributed by atoms with Gasteiger partial charge in [-0.2, -0.15) is 0 Å². The van der Waals surface area contributed by atoms with Gasteiger partial charge in [-0.05, 0) is 12.5 Å². The van der Waals surface area contributed by atoms with Crippen LogP contribution in [0.3, 0.4) is 0 Å². The summed E-state index contributed by atoms with van der Waals surface area (Å²) in [6, 6.07) is 7.44. The van der Waals surface area contributed by atoms with Crippen LogP contribution >= 0.6 is 0 Å². The molecule has 4 heteroatoms. The van der Waals surface area contributed by atoms with Crippen LogP contribution in [-0.2, 0) is 9.59 Å². The second-order valence-corrected chi connectivity index (χ2v) is 4.88. The van der Waals surface area contributed by atoms with Gasteiger partial charge in [-0.3, -0.25) is 14.5 Å². The topological polar surface area (TPSA) is 57.6 Å². The molecule has 1 aliphatic rings. The predicted molar refractivity (Wildman–Crippen MR) is 66.6 cm³/mol. The number of β-amino-alcohol motifs (C(OH)–C–C–N with tert-alkyl or cyclic N) is 1. The van der Waals surface area contributed by atoms with Crippen LogP contribution in [0.2, 0.25) is 0 Å². The fourth-order valence-corrected chi connectivity index (χ4v) is 2.20. The van der Waals surface area contributed by atoms with Crippen LogP contribution in [-0.4, -0.2) is 28.4 Å². The third-order valence-corrected chi connectivity index (χ3v) is 3.25. The van der Waals surface area contributed by atoms with E-state index in [0.717, 1.165) is 16.0 Å². The molecule has 1 aromatic rings. The molecule has 0 aliphatic carbocycles. The molecule has 2 atom stereocenters. The van der Waals surface area contributed by atoms with Gasteiger partial charge in [-0.25, -0.2) is 0 Å². The van der Waals surface area contributed by atoms with Crippen molar-refractivity contribution in [2.45, 2.75) is 26.4 Å². The highest BCUT2D eigenvalue weighted by Crippen LogP contribution is 2.23. The summed E-state index contributed by atoms with van der Waals surface area (Å²) in [5.41, 5.74) is 1.77. The van der Waals surface area contributed by atoms with Crippen LogP contribution < -0.4 is 0 Å². The van der Waals surface area contributed by atoms with Gasteiger partial charge in [0, 0.05) is 12.3 Å². The molecule has 2 unspecified atom stereocenters. The van der Waals surface area contributed by atoms with Crippen molar-refractivity contribution in [2.24, 2.45) is 5.92 Å². The summed E-state index contributed by atoms with van der Waals surface area (Å²) < 4.78 is 0. The maximum Gasteiger partial charge on any atom is 0.232 e. The minimum Gasteiger partial charge on any atom is -0.387 e. The molecule has 0 bridgehead atoms. The SMILES string of the molecule is Cc1cccc(C(O)CN2C(=O)CC(C)C2=O)c1. The number of rotatable bonds is 3. The zero-order valence-corrected chi connectivity index (χ0v) is 10.6. The average molecular weight is 247 g/mol. The van der Waals surface area contributed by atoms with Crippen LogP contribution in [0.15, 0.2) is 24.3 Å². The minimum atomic E-state index is -0.817. The van der Waals surface area contributed by atoms with E-state index in [-0.39, 0.29) is 30.7 Å². The van der Waals surface area contributed by atoms with E-state index >= 15 is 0 Å². The molecule has 1 aromatic carbocycles. The van der Waals surface area contributed by atoms with Gasteiger partial charge in [-0.15, -0.1) is 0 Å². The van der Waals surface area contributed by atoms with E-state index in [0.29, 0.717) is 0 Å². The number of aryl methyl sites for hydroxylation is 1. The van der Waals surface area contributed by atoms with Gasteiger partial charge in [0.05, 0.1) is 12.6 Å². The summed E-state index contributed by atoms with van der Waals surface area (Å²) in [7, 11) is 0. The first kappa shape index (κ1) is 12.8. The summed E-state index contributed by atoms with van der Waals surface area (Å²) in [4.78, 5) is 24.5. The number of likely N-dealkylation sites (tertiary alicyclic amines) is 1. The number of hydrogen-bond donors (Lipinski definition) is 1. The molecule has 1 heterocycles. The van der Waals surface area contributed by atoms with Gasteiger partial charge in [-0.1, -0.05) is 36.8 Å². The maximum absolute atomic E-state index is 11.7. The molecule has 96 valence electrons. The quantitative estimate of drug-likeness (QED) is 0.822. The first-order valence-corrected chi connectivity index (χ1v) is 6.08. The number of amides is 2. The average Bonchev–Trinajstić information content (AvgIpc) is 2.56. The first-order valence-electron chi connectivity index (χ1n) is 6.08. The van der Waals surface area contributed by atoms with Crippen molar-refractivity contribution >= 4 is 11.8 Å². The van der Waals surface area contributed by atoms with Crippen LogP contribution in [0, 0.1) is 12.8 Å². The predicted octanol–water partition coefficient (Wildman–Crippen LogP) is 1.42. The smallest absolute Gasteiger partial charge is 0.232 e. The maximum atomic E-state index is 11.7. The van der Waals surface area contributed by atoms with Crippen molar-refractivity contribution in [1.82, 2.24) is 4.90 Å². The second kappa shape index (κ2) is 4.90. The number of carbonyl (C=O) groups excluding carboxylic acids is 2. The Morgan fingerprint density at radius 2 is 2.17 bits per heavy atom. The number of imide groups is 1. The van der Waals surface area contributed by atoms with Gasteiger partial charge >= 0.3 is 0 Å². The zero-order chi connectivity index (χ0) is 13.3. The van der Waals surface area contributed by atoms with Crippen molar-refractivity contribution in [1.29, 1.82) is 0 Å². The third kappa shape index (κ3) is 2.43. The van der Waals surface area contributed by atoms with Gasteiger partial charge in [0.2, 0.25) is 11.8 Å². The van der Waals surface area contributed by atoms with E-state index in [1.807, 2.05) is 25.1 Å². The summed E-state index contributed by atoms with van der Waals surface area (Å²) in [6.45, 7) is 3.72. The van der Waals surface area contributed by atoms with E-state index < -0.39 is 6.10 Å². The Labute approximate surface area is 106 Å². The van der Waals surface area contributed by atoms with Crippen LogP contribution in [0.5, 0.6) is 0 Å². The number of aliphatic hydroxyl groups excluding tert-OH is 1. The highest BCUT2D eigenvalue weighted by Gasteiger charge is 2.36. The summed E-state index contributed by atoms with van der Waals surface area (Å²) in [5.74, 6) is -0.645. The molecule has 2 rings (SSSR count). The Bertz CT molecular complexity index is 484. The fraction of sp³-hybridized carbons (Fsp3) is 0.429. The highest BCUT2D eigenvalue weighted by molar-refractivity contribution is 6.03. The summed E-state index contributed by atoms with van der Waals surface area (Å²) in [5, 5.41) is 10.1. The highest BCUT2D eigenvalue weighted by atomic mass is 16.3. The summed E-state index contributed by atoms with van der Waals surface area (Å²) in [6.07, 6.45) is -0.567. The van der Waals surface area contributed by atoms with E-state index in [9.17, 15) is 14.7 Å². The van der Waals surface area contributed by atoms with Crippen molar-refractivity contribution in [3.05, 3.63) is 35.4 Å². The van der Waals surface area contributed by atoms with Crippen LogP contribution in [0.25, 0.3) is 0 Å². The number of aliphatic hydroxyl groups is 1. The molecule has 1 fully saturated rings. The van der Waals surface area contributed by atoms with E-state index in [1.54, 1.807) is 13.0 Å². The molecule has 0 aromatic heterocycles. The van der Waals surface area contributed by atoms with Gasteiger partial charge in [0.1, 0.15) is 0 Å². The minimum absolute atomic E-state index is 0.0471. The first-order chi connectivity index (χ1) is 8.49. The number of benzene rings is 1. The Balaban J connectivity index is 2.10. The lowest BCUT2D eigenvalue weighted by atomic mass is 10.1. The molecule has 1 N–H and O–H groups in total.